The molecule has 2 atom stereocenters. The second-order valence-corrected chi connectivity index (χ2v) is 8.85. The largest absolute Gasteiger partial charge is 0.396 e. The molecule has 2 aromatic rings. The third-order valence-electron chi connectivity index (χ3n) is 6.53. The van der Waals surface area contributed by atoms with Crippen LogP contribution in [0.1, 0.15) is 24.6 Å². The Labute approximate surface area is 204 Å². The molecule has 35 heavy (non-hydrogen) atoms. The highest BCUT2D eigenvalue weighted by Gasteiger charge is 2.52. The summed E-state index contributed by atoms with van der Waals surface area (Å²) >= 11 is 0. The molecular weight excluding hydrogens is 448 g/mol. The molecule has 2 aliphatic heterocycles. The van der Waals surface area contributed by atoms with E-state index in [9.17, 15) is 14.7 Å². The molecular formula is C25H32N6O4. The van der Waals surface area contributed by atoms with Crippen molar-refractivity contribution in [1.29, 1.82) is 0 Å². The second kappa shape index (κ2) is 10.5. The van der Waals surface area contributed by atoms with Gasteiger partial charge in [0.2, 0.25) is 5.91 Å². The summed E-state index contributed by atoms with van der Waals surface area (Å²) in [5, 5.41) is 31.9. The first-order valence-electron chi connectivity index (χ1n) is 11.9. The van der Waals surface area contributed by atoms with Crippen LogP contribution in [0.25, 0.3) is 0 Å². The maximum absolute atomic E-state index is 13.4. The lowest BCUT2D eigenvalue weighted by Crippen LogP contribution is -2.48. The quantitative estimate of drug-likeness (QED) is 0.429. The van der Waals surface area contributed by atoms with Crippen molar-refractivity contribution in [3.05, 3.63) is 60.5 Å². The van der Waals surface area contributed by atoms with Crippen molar-refractivity contribution < 1.29 is 19.8 Å². The van der Waals surface area contributed by atoms with Gasteiger partial charge in [0.15, 0.2) is 5.60 Å². The number of hydrogen-bond acceptors (Lipinski definition) is 7. The van der Waals surface area contributed by atoms with Gasteiger partial charge in [-0.1, -0.05) is 30.4 Å². The molecule has 10 nitrogen and oxygen atoms in total. The van der Waals surface area contributed by atoms with Gasteiger partial charge in [-0.05, 0) is 24.6 Å². The number of amides is 2. The number of aliphatic hydroxyl groups is 2. The topological polar surface area (TPSA) is 124 Å². The van der Waals surface area contributed by atoms with Gasteiger partial charge in [-0.3, -0.25) is 14.3 Å². The van der Waals surface area contributed by atoms with Crippen LogP contribution in [0, 0.1) is 5.92 Å². The third-order valence-corrected chi connectivity index (χ3v) is 6.53. The molecule has 1 saturated heterocycles. The van der Waals surface area contributed by atoms with Crippen LogP contribution in [0.3, 0.4) is 0 Å². The number of hydrogen-bond donors (Lipinski definition) is 3. The van der Waals surface area contributed by atoms with Crippen molar-refractivity contribution in [2.24, 2.45) is 5.92 Å². The average Bonchev–Trinajstić information content (AvgIpc) is 3.39. The molecule has 4 rings (SSSR count). The SMILES string of the molecule is C=CCN1C(=O)[C@@](O)([C@@H](C)/C=C/CCn2cc(CCO)nn2)c2cc(N3CCNCC3=O)ccc21. The summed E-state index contributed by atoms with van der Waals surface area (Å²) in [6, 6.07) is 5.38. The minimum absolute atomic E-state index is 0.0254. The number of aryl methyl sites for hydroxylation is 1. The summed E-state index contributed by atoms with van der Waals surface area (Å²) in [4.78, 5) is 29.1. The Morgan fingerprint density at radius 1 is 1.34 bits per heavy atom. The number of nitrogens with zero attached hydrogens (tertiary/aromatic N) is 5. The van der Waals surface area contributed by atoms with E-state index in [-0.39, 0.29) is 25.6 Å². The predicted octanol–water partition coefficient (Wildman–Crippen LogP) is 0.752. The lowest BCUT2D eigenvalue weighted by atomic mass is 9.82. The normalized spacial score (nSPS) is 21.1. The van der Waals surface area contributed by atoms with Gasteiger partial charge in [0, 0.05) is 62.6 Å². The molecule has 3 N–H and O–H groups in total. The van der Waals surface area contributed by atoms with Crippen LogP contribution in [-0.4, -0.2) is 69.8 Å². The highest BCUT2D eigenvalue weighted by molar-refractivity contribution is 6.08. The zero-order valence-electron chi connectivity index (χ0n) is 19.9. The molecule has 0 aliphatic carbocycles. The number of piperazine rings is 1. The molecule has 10 heteroatoms. The number of carbonyl (C=O) groups is 2. The van der Waals surface area contributed by atoms with Crippen LogP contribution in [0.5, 0.6) is 0 Å². The minimum atomic E-state index is -1.76. The Kier molecular flexibility index (Phi) is 7.44. The number of nitrogens with one attached hydrogen (secondary N) is 1. The first kappa shape index (κ1) is 24.8. The highest BCUT2D eigenvalue weighted by Crippen LogP contribution is 2.46. The Balaban J connectivity index is 1.56. The van der Waals surface area contributed by atoms with Crippen molar-refractivity contribution in [3.63, 3.8) is 0 Å². The molecule has 0 bridgehead atoms. The van der Waals surface area contributed by atoms with Gasteiger partial charge in [-0.25, -0.2) is 0 Å². The molecule has 1 fully saturated rings. The van der Waals surface area contributed by atoms with Gasteiger partial charge in [-0.15, -0.1) is 11.7 Å². The molecule has 2 amide bonds. The van der Waals surface area contributed by atoms with Gasteiger partial charge in [-0.2, -0.15) is 0 Å². The summed E-state index contributed by atoms with van der Waals surface area (Å²) < 4.78 is 1.70. The average molecular weight is 481 g/mol. The number of rotatable bonds is 10. The fourth-order valence-corrected chi connectivity index (χ4v) is 4.62. The van der Waals surface area contributed by atoms with Crippen LogP contribution in [0.4, 0.5) is 11.4 Å². The van der Waals surface area contributed by atoms with Crippen LogP contribution in [0.15, 0.2) is 49.2 Å². The van der Waals surface area contributed by atoms with E-state index in [0.29, 0.717) is 49.4 Å². The van der Waals surface area contributed by atoms with Crippen LogP contribution < -0.4 is 15.1 Å². The molecule has 0 saturated carbocycles. The number of benzene rings is 1. The van der Waals surface area contributed by atoms with E-state index in [1.54, 1.807) is 34.0 Å². The lowest BCUT2D eigenvalue weighted by molar-refractivity contribution is -0.139. The zero-order valence-corrected chi connectivity index (χ0v) is 19.9. The van der Waals surface area contributed by atoms with Crippen molar-refractivity contribution in [1.82, 2.24) is 20.3 Å². The van der Waals surface area contributed by atoms with E-state index in [0.717, 1.165) is 5.69 Å². The number of fused-ring (bicyclic) bond motifs is 1. The maximum atomic E-state index is 13.4. The summed E-state index contributed by atoms with van der Waals surface area (Å²) in [5.41, 5.74) is 0.762. The van der Waals surface area contributed by atoms with Gasteiger partial charge in [0.25, 0.3) is 5.91 Å². The fourth-order valence-electron chi connectivity index (χ4n) is 4.62. The summed E-state index contributed by atoms with van der Waals surface area (Å²) in [5.74, 6) is -0.966. The van der Waals surface area contributed by atoms with E-state index >= 15 is 0 Å². The van der Waals surface area contributed by atoms with Gasteiger partial charge >= 0.3 is 0 Å². The number of anilines is 2. The van der Waals surface area contributed by atoms with Crippen molar-refractivity contribution >= 4 is 23.2 Å². The third kappa shape index (κ3) is 4.77. The first-order valence-corrected chi connectivity index (χ1v) is 11.9. The first-order chi connectivity index (χ1) is 16.9. The van der Waals surface area contributed by atoms with Crippen LogP contribution >= 0.6 is 0 Å². The Morgan fingerprint density at radius 2 is 2.17 bits per heavy atom. The van der Waals surface area contributed by atoms with Crippen molar-refractivity contribution in [3.8, 4) is 0 Å². The van der Waals surface area contributed by atoms with E-state index in [4.69, 9.17) is 5.11 Å². The van der Waals surface area contributed by atoms with Crippen LogP contribution in [-0.2, 0) is 28.2 Å². The van der Waals surface area contributed by atoms with E-state index in [1.807, 2.05) is 25.1 Å². The maximum Gasteiger partial charge on any atom is 0.264 e. The van der Waals surface area contributed by atoms with Gasteiger partial charge in [0.1, 0.15) is 0 Å². The summed E-state index contributed by atoms with van der Waals surface area (Å²) in [7, 11) is 0. The molecule has 1 aromatic heterocycles. The van der Waals surface area contributed by atoms with E-state index < -0.39 is 17.4 Å². The molecule has 0 spiro atoms. The second-order valence-electron chi connectivity index (χ2n) is 8.85. The molecule has 186 valence electrons. The molecule has 0 unspecified atom stereocenters. The summed E-state index contributed by atoms with van der Waals surface area (Å²) in [6.45, 7) is 7.92. The summed E-state index contributed by atoms with van der Waals surface area (Å²) in [6.07, 6.45) is 8.28. The van der Waals surface area contributed by atoms with Crippen molar-refractivity contribution in [2.45, 2.75) is 31.9 Å². The Bertz CT molecular complexity index is 1130. The molecule has 2 aliphatic rings. The van der Waals surface area contributed by atoms with E-state index in [2.05, 4.69) is 22.2 Å². The van der Waals surface area contributed by atoms with Gasteiger partial charge < -0.3 is 25.3 Å². The number of carbonyl (C=O) groups excluding carboxylic acids is 2. The monoisotopic (exact) mass is 480 g/mol. The molecule has 0 radical (unpaired) electrons. The van der Waals surface area contributed by atoms with Crippen molar-refractivity contribution in [2.75, 3.05) is 42.6 Å². The number of allylic oxidation sites excluding steroid dienone is 1. The number of aromatic nitrogens is 3. The zero-order chi connectivity index (χ0) is 25.0. The minimum Gasteiger partial charge on any atom is -0.396 e. The van der Waals surface area contributed by atoms with Crippen LogP contribution in [0.2, 0.25) is 0 Å². The molecule has 1 aromatic carbocycles. The predicted molar refractivity (Wildman–Crippen MR) is 132 cm³/mol. The van der Waals surface area contributed by atoms with Gasteiger partial charge in [0.05, 0.1) is 17.9 Å². The lowest BCUT2D eigenvalue weighted by Gasteiger charge is -2.30. The fraction of sp³-hybridized carbons (Fsp3) is 0.440. The van der Waals surface area contributed by atoms with E-state index in [1.165, 1.54) is 4.90 Å². The highest BCUT2D eigenvalue weighted by atomic mass is 16.3. The smallest absolute Gasteiger partial charge is 0.264 e. The molecule has 3 heterocycles. The Morgan fingerprint density at radius 3 is 2.91 bits per heavy atom. The Hall–Kier alpha value is -3.34. The standard InChI is InChI=1S/C25H32N6O4/c1-3-11-31-22-8-7-20(30-13-10-26-16-23(30)33)15-21(22)25(35,24(31)34)18(2)6-4-5-12-29-17-19(9-14-32)27-28-29/h3-4,6-8,15,17-18,26,32,35H,1,5,9-14,16H2,2H3/b6-4+/t18-,25+/m0/s1. The number of aliphatic hydroxyl groups excluding tert-OH is 1.